The molecule has 1 aromatic rings. The summed E-state index contributed by atoms with van der Waals surface area (Å²) in [6.07, 6.45) is 0.966. The van der Waals surface area contributed by atoms with Gasteiger partial charge in [0.15, 0.2) is 14.9 Å². The highest BCUT2D eigenvalue weighted by Crippen LogP contribution is 2.20. The number of aryl methyl sites for hydroxylation is 1. The third-order valence-electron chi connectivity index (χ3n) is 2.34. The Kier molecular flexibility index (Phi) is 4.64. The van der Waals surface area contributed by atoms with Crippen LogP contribution >= 0.6 is 11.6 Å². The average molecular weight is 293 g/mol. The van der Waals surface area contributed by atoms with Gasteiger partial charge in [-0.25, -0.2) is 13.4 Å². The maximum absolute atomic E-state index is 11.9. The van der Waals surface area contributed by atoms with Crippen LogP contribution in [0.2, 0.25) is 0 Å². The number of aromatic nitrogens is 1. The Balaban J connectivity index is 3.12. The average Bonchev–Trinajstić information content (AvgIpc) is 2.27. The van der Waals surface area contributed by atoms with Crippen molar-refractivity contribution in [3.05, 3.63) is 27.9 Å². The van der Waals surface area contributed by atoms with Crippen LogP contribution in [0.3, 0.4) is 0 Å². The number of rotatable bonds is 5. The molecule has 8 heteroatoms. The van der Waals surface area contributed by atoms with Crippen molar-refractivity contribution in [3.63, 3.8) is 0 Å². The van der Waals surface area contributed by atoms with Crippen LogP contribution in [0.1, 0.15) is 12.5 Å². The van der Waals surface area contributed by atoms with Crippen molar-refractivity contribution >= 4 is 27.1 Å². The van der Waals surface area contributed by atoms with Gasteiger partial charge in [-0.3, -0.25) is 10.1 Å². The van der Waals surface area contributed by atoms with E-state index in [1.54, 1.807) is 6.92 Å². The van der Waals surface area contributed by atoms with E-state index in [9.17, 15) is 18.5 Å². The molecule has 1 atom stereocenters. The van der Waals surface area contributed by atoms with Crippen molar-refractivity contribution in [2.75, 3.05) is 11.6 Å². The van der Waals surface area contributed by atoms with Gasteiger partial charge in [0, 0.05) is 11.4 Å². The lowest BCUT2D eigenvalue weighted by molar-refractivity contribution is -0.385. The van der Waals surface area contributed by atoms with Crippen molar-refractivity contribution < 1.29 is 13.3 Å². The highest BCUT2D eigenvalue weighted by Gasteiger charge is 2.22. The fourth-order valence-corrected chi connectivity index (χ4v) is 3.23. The van der Waals surface area contributed by atoms with Crippen molar-refractivity contribution in [1.29, 1.82) is 0 Å². The minimum absolute atomic E-state index is 0.124. The molecule has 1 rings (SSSR count). The smallest absolute Gasteiger partial charge is 0.258 e. The number of alkyl halides is 1. The van der Waals surface area contributed by atoms with E-state index in [-0.39, 0.29) is 33.8 Å². The molecule has 0 saturated heterocycles. The van der Waals surface area contributed by atoms with Gasteiger partial charge in [-0.2, -0.15) is 0 Å². The first-order valence-electron chi connectivity index (χ1n) is 5.17. The Hall–Kier alpha value is -1.21. The van der Waals surface area contributed by atoms with E-state index in [0.717, 1.165) is 6.20 Å². The molecule has 0 aliphatic carbocycles. The molecule has 0 aliphatic heterocycles. The van der Waals surface area contributed by atoms with Gasteiger partial charge >= 0.3 is 0 Å². The summed E-state index contributed by atoms with van der Waals surface area (Å²) in [5.74, 6) is -0.0969. The summed E-state index contributed by atoms with van der Waals surface area (Å²) in [6, 6.07) is 1.22. The predicted molar refractivity (Wildman–Crippen MR) is 67.6 cm³/mol. The summed E-state index contributed by atoms with van der Waals surface area (Å²) >= 11 is 5.57. The third-order valence-corrected chi connectivity index (χ3v) is 4.74. The Labute approximate surface area is 110 Å². The minimum atomic E-state index is -3.55. The van der Waals surface area contributed by atoms with Crippen LogP contribution < -0.4 is 0 Å². The zero-order valence-electron chi connectivity index (χ0n) is 9.96. The molecule has 1 aromatic heterocycles. The normalized spacial score (nSPS) is 13.3. The van der Waals surface area contributed by atoms with Crippen LogP contribution in [0.15, 0.2) is 17.3 Å². The number of nitro groups is 1. The van der Waals surface area contributed by atoms with Gasteiger partial charge in [-0.05, 0) is 18.9 Å². The molecular weight excluding hydrogens is 280 g/mol. The van der Waals surface area contributed by atoms with Gasteiger partial charge in [0.05, 0.1) is 10.7 Å². The van der Waals surface area contributed by atoms with Crippen LogP contribution in [0.4, 0.5) is 5.69 Å². The molecule has 100 valence electrons. The lowest BCUT2D eigenvalue weighted by Crippen LogP contribution is -2.16. The van der Waals surface area contributed by atoms with Gasteiger partial charge in [0.1, 0.15) is 6.20 Å². The number of nitrogens with zero attached hydrogens (tertiary/aromatic N) is 2. The summed E-state index contributed by atoms with van der Waals surface area (Å²) in [5.41, 5.74) is 0.0754. The van der Waals surface area contributed by atoms with Crippen molar-refractivity contribution in [3.8, 4) is 0 Å². The van der Waals surface area contributed by atoms with Crippen molar-refractivity contribution in [2.45, 2.75) is 18.9 Å². The van der Waals surface area contributed by atoms with E-state index in [0.29, 0.717) is 0 Å². The molecule has 0 bridgehead atoms. The molecule has 0 saturated carbocycles. The molecule has 0 radical (unpaired) electrons. The molecule has 1 heterocycles. The Bertz CT molecular complexity index is 559. The number of sulfone groups is 1. The van der Waals surface area contributed by atoms with Crippen LogP contribution in [-0.2, 0) is 9.84 Å². The van der Waals surface area contributed by atoms with Crippen molar-refractivity contribution in [2.24, 2.45) is 5.92 Å². The van der Waals surface area contributed by atoms with Crippen LogP contribution in [-0.4, -0.2) is 30.0 Å². The number of pyridine rings is 1. The fourth-order valence-electron chi connectivity index (χ4n) is 1.39. The zero-order chi connectivity index (χ0) is 13.9. The second-order valence-electron chi connectivity index (χ2n) is 4.11. The topological polar surface area (TPSA) is 90.2 Å². The first-order chi connectivity index (χ1) is 8.27. The summed E-state index contributed by atoms with van der Waals surface area (Å²) in [6.45, 7) is 3.19. The molecular formula is C10H13ClN2O4S. The molecule has 0 spiro atoms. The van der Waals surface area contributed by atoms with Crippen LogP contribution in [0.25, 0.3) is 0 Å². The summed E-state index contributed by atoms with van der Waals surface area (Å²) in [7, 11) is -3.55. The molecule has 0 fully saturated rings. The van der Waals surface area contributed by atoms with E-state index >= 15 is 0 Å². The van der Waals surface area contributed by atoms with Gasteiger partial charge in [-0.1, -0.05) is 6.92 Å². The maximum Gasteiger partial charge on any atom is 0.290 e. The number of halogens is 1. The van der Waals surface area contributed by atoms with Gasteiger partial charge in [-0.15, -0.1) is 11.6 Å². The summed E-state index contributed by atoms with van der Waals surface area (Å²) < 4.78 is 23.9. The molecule has 0 N–H and O–H groups in total. The number of hydrogen-bond acceptors (Lipinski definition) is 5. The third kappa shape index (κ3) is 3.39. The van der Waals surface area contributed by atoms with Crippen molar-refractivity contribution in [1.82, 2.24) is 4.98 Å². The quantitative estimate of drug-likeness (QED) is 0.470. The SMILES string of the molecule is Cc1cc(S(=O)(=O)CC(C)CCl)ncc1[N+](=O)[O-]. The largest absolute Gasteiger partial charge is 0.290 e. The maximum atomic E-state index is 11.9. The molecule has 0 amide bonds. The van der Waals surface area contributed by atoms with E-state index in [4.69, 9.17) is 11.6 Å². The monoisotopic (exact) mass is 292 g/mol. The molecule has 0 aromatic carbocycles. The Morgan fingerprint density at radius 2 is 2.17 bits per heavy atom. The first-order valence-corrected chi connectivity index (χ1v) is 7.36. The van der Waals surface area contributed by atoms with E-state index in [1.165, 1.54) is 13.0 Å². The van der Waals surface area contributed by atoms with E-state index in [1.807, 2.05) is 0 Å². The Morgan fingerprint density at radius 1 is 1.56 bits per heavy atom. The summed E-state index contributed by atoms with van der Waals surface area (Å²) in [5, 5.41) is 10.5. The molecule has 0 aliphatic rings. The molecule has 18 heavy (non-hydrogen) atoms. The molecule has 6 nitrogen and oxygen atoms in total. The second-order valence-corrected chi connectivity index (χ2v) is 6.40. The van der Waals surface area contributed by atoms with E-state index < -0.39 is 14.8 Å². The number of hydrogen-bond donors (Lipinski definition) is 0. The lowest BCUT2D eigenvalue weighted by Gasteiger charge is -2.08. The van der Waals surface area contributed by atoms with Crippen LogP contribution in [0, 0.1) is 23.0 Å². The highest BCUT2D eigenvalue weighted by molar-refractivity contribution is 7.91. The standard InChI is InChI=1S/C10H13ClN2O4S/c1-7(4-11)6-18(16,17)10-3-8(2)9(5-12-10)13(14)15/h3,5,7H,4,6H2,1-2H3. The lowest BCUT2D eigenvalue weighted by atomic mass is 10.3. The van der Waals surface area contributed by atoms with Crippen LogP contribution in [0.5, 0.6) is 0 Å². The summed E-state index contributed by atoms with van der Waals surface area (Å²) in [4.78, 5) is 13.7. The van der Waals surface area contributed by atoms with E-state index in [2.05, 4.69) is 4.98 Å². The fraction of sp³-hybridized carbons (Fsp3) is 0.500. The highest BCUT2D eigenvalue weighted by atomic mass is 35.5. The predicted octanol–water partition coefficient (Wildman–Crippen LogP) is 1.95. The van der Waals surface area contributed by atoms with Gasteiger partial charge in [0.2, 0.25) is 0 Å². The van der Waals surface area contributed by atoms with Gasteiger partial charge in [0.25, 0.3) is 5.69 Å². The Morgan fingerprint density at radius 3 is 2.61 bits per heavy atom. The minimum Gasteiger partial charge on any atom is -0.258 e. The molecule has 1 unspecified atom stereocenters. The van der Waals surface area contributed by atoms with Gasteiger partial charge < -0.3 is 0 Å². The first kappa shape index (κ1) is 14.8. The zero-order valence-corrected chi connectivity index (χ0v) is 11.5. The second kappa shape index (κ2) is 5.62.